The molecule has 3 atom stereocenters. The minimum Gasteiger partial charge on any atom is -1.00 e. The van der Waals surface area contributed by atoms with Crippen LogP contribution in [0.5, 0.6) is 23.0 Å². The lowest BCUT2D eigenvalue weighted by Crippen LogP contribution is -3.24. The molecule has 2 heterocycles. The molecular formula is C25H36Cl2N2O4. The summed E-state index contributed by atoms with van der Waals surface area (Å²) in [4.78, 5) is 3.34. The molecule has 2 aliphatic rings. The molecule has 0 spiro atoms. The highest BCUT2D eigenvalue weighted by molar-refractivity contribution is 5.48. The molecule has 0 aromatic heterocycles. The molecule has 6 nitrogen and oxygen atoms in total. The number of hydrogen-bond acceptors (Lipinski definition) is 4. The second-order valence-corrected chi connectivity index (χ2v) is 8.68. The van der Waals surface area contributed by atoms with Gasteiger partial charge in [0.2, 0.25) is 0 Å². The number of nitrogens with one attached hydrogen (secondary N) is 2. The fourth-order valence-electron chi connectivity index (χ4n) is 5.36. The second kappa shape index (κ2) is 12.6. The van der Waals surface area contributed by atoms with Crippen molar-refractivity contribution < 1.29 is 53.6 Å². The summed E-state index contributed by atoms with van der Waals surface area (Å²) in [6.07, 6.45) is 3.67. The van der Waals surface area contributed by atoms with Gasteiger partial charge in [0.25, 0.3) is 0 Å². The van der Waals surface area contributed by atoms with Crippen molar-refractivity contribution in [2.75, 3.05) is 48.1 Å². The van der Waals surface area contributed by atoms with Gasteiger partial charge in [0.05, 0.1) is 47.1 Å². The Balaban J connectivity index is 0.00000193. The van der Waals surface area contributed by atoms with Crippen LogP contribution in [0, 0.1) is 0 Å². The quantitative estimate of drug-likeness (QED) is 0.401. The molecular weight excluding hydrogens is 463 g/mol. The van der Waals surface area contributed by atoms with Crippen LogP contribution in [0.2, 0.25) is 0 Å². The van der Waals surface area contributed by atoms with E-state index >= 15 is 0 Å². The number of benzene rings is 2. The first-order valence-corrected chi connectivity index (χ1v) is 11.3. The summed E-state index contributed by atoms with van der Waals surface area (Å²) in [6, 6.07) is 11.2. The van der Waals surface area contributed by atoms with E-state index in [4.69, 9.17) is 18.9 Å². The average Bonchev–Trinajstić information content (AvgIpc) is 2.82. The highest BCUT2D eigenvalue weighted by Gasteiger charge is 2.34. The van der Waals surface area contributed by atoms with E-state index in [1.807, 2.05) is 6.07 Å². The summed E-state index contributed by atoms with van der Waals surface area (Å²) in [7, 11) is 6.86. The average molecular weight is 499 g/mol. The van der Waals surface area contributed by atoms with Gasteiger partial charge < -0.3 is 53.6 Å². The van der Waals surface area contributed by atoms with Crippen LogP contribution in [-0.2, 0) is 19.5 Å². The number of piperidine rings is 1. The van der Waals surface area contributed by atoms with Gasteiger partial charge in [-0.1, -0.05) is 6.07 Å². The van der Waals surface area contributed by atoms with Crippen molar-refractivity contribution in [3.63, 3.8) is 0 Å². The third-order valence-corrected chi connectivity index (χ3v) is 6.96. The molecule has 8 heteroatoms. The van der Waals surface area contributed by atoms with Crippen LogP contribution < -0.4 is 53.6 Å². The molecule has 1 saturated heterocycles. The number of rotatable bonds is 7. The van der Waals surface area contributed by atoms with E-state index in [1.165, 1.54) is 49.2 Å². The van der Waals surface area contributed by atoms with Gasteiger partial charge in [-0.15, -0.1) is 0 Å². The number of ether oxygens (including phenoxy) is 4. The Kier molecular flexibility index (Phi) is 10.4. The summed E-state index contributed by atoms with van der Waals surface area (Å²) in [5.74, 6) is 3.37. The van der Waals surface area contributed by atoms with Gasteiger partial charge in [-0.2, -0.15) is 0 Å². The zero-order valence-electron chi connectivity index (χ0n) is 20.0. The monoisotopic (exact) mass is 498 g/mol. The predicted molar refractivity (Wildman–Crippen MR) is 120 cm³/mol. The van der Waals surface area contributed by atoms with E-state index in [-0.39, 0.29) is 24.8 Å². The molecule has 4 rings (SSSR count). The van der Waals surface area contributed by atoms with Gasteiger partial charge >= 0.3 is 0 Å². The summed E-state index contributed by atoms with van der Waals surface area (Å²) in [5, 5.41) is 0. The Hall–Kier alpha value is -1.86. The van der Waals surface area contributed by atoms with Crippen molar-refractivity contribution in [3.8, 4) is 23.0 Å². The Morgan fingerprint density at radius 3 is 2.21 bits per heavy atom. The number of halogens is 2. The lowest BCUT2D eigenvalue weighted by Gasteiger charge is -2.37. The highest BCUT2D eigenvalue weighted by atomic mass is 35.5. The summed E-state index contributed by atoms with van der Waals surface area (Å²) < 4.78 is 22.2. The van der Waals surface area contributed by atoms with Crippen LogP contribution in [0.15, 0.2) is 30.3 Å². The Labute approximate surface area is 210 Å². The van der Waals surface area contributed by atoms with Crippen molar-refractivity contribution in [1.82, 2.24) is 0 Å². The fraction of sp³-hybridized carbons (Fsp3) is 0.520. The SMILES string of the molecule is COc1cc2c(cc1OC)C[NH+](C1CCC[NH+](Cc3cccc(OC)c3OC)C1)CC2.[Cl-].[Cl-]. The van der Waals surface area contributed by atoms with Crippen LogP contribution >= 0.6 is 0 Å². The maximum atomic E-state index is 5.67. The standard InChI is InChI=1S/C25H34N2O4.2ClH/c1-28-22-9-5-7-19(25(22)31-4)15-26-11-6-8-21(17-26)27-12-10-18-13-23(29-2)24(30-3)14-20(18)16-27;;/h5,7,9,13-14,21H,6,8,10-12,15-17H2,1-4H3;2*1H. The smallest absolute Gasteiger partial charge is 0.169 e. The van der Waals surface area contributed by atoms with Gasteiger partial charge in [0, 0.05) is 24.8 Å². The normalized spacial score (nSPS) is 21.6. The molecule has 0 radical (unpaired) electrons. The Morgan fingerprint density at radius 1 is 0.848 bits per heavy atom. The highest BCUT2D eigenvalue weighted by Crippen LogP contribution is 2.32. The van der Waals surface area contributed by atoms with Crippen molar-refractivity contribution >= 4 is 0 Å². The van der Waals surface area contributed by atoms with Crippen LogP contribution in [0.1, 0.15) is 29.5 Å². The molecule has 1 fully saturated rings. The molecule has 2 aromatic carbocycles. The van der Waals surface area contributed by atoms with Gasteiger partial charge in [0.15, 0.2) is 23.0 Å². The largest absolute Gasteiger partial charge is 1.00 e. The minimum absolute atomic E-state index is 0. The van der Waals surface area contributed by atoms with Crippen LogP contribution in [0.4, 0.5) is 0 Å². The number of hydrogen-bond donors (Lipinski definition) is 2. The van der Waals surface area contributed by atoms with E-state index in [9.17, 15) is 0 Å². The summed E-state index contributed by atoms with van der Waals surface area (Å²) in [6.45, 7) is 5.63. The second-order valence-electron chi connectivity index (χ2n) is 8.68. The molecule has 0 amide bonds. The first kappa shape index (κ1) is 27.4. The molecule has 0 bridgehead atoms. The van der Waals surface area contributed by atoms with Crippen LogP contribution in [0.25, 0.3) is 0 Å². The molecule has 184 valence electrons. The summed E-state index contributed by atoms with van der Waals surface area (Å²) >= 11 is 0. The lowest BCUT2D eigenvalue weighted by atomic mass is 9.95. The molecule has 2 aliphatic heterocycles. The van der Waals surface area contributed by atoms with Gasteiger partial charge in [-0.05, 0) is 29.8 Å². The number of methoxy groups -OCH3 is 4. The number of likely N-dealkylation sites (tertiary alicyclic amines) is 1. The maximum Gasteiger partial charge on any atom is 0.169 e. The molecule has 33 heavy (non-hydrogen) atoms. The minimum atomic E-state index is 0. The zero-order chi connectivity index (χ0) is 21.8. The first-order valence-electron chi connectivity index (χ1n) is 11.3. The van der Waals surface area contributed by atoms with E-state index in [0.717, 1.165) is 42.5 Å². The van der Waals surface area contributed by atoms with E-state index in [0.29, 0.717) is 6.04 Å². The molecule has 2 N–H and O–H groups in total. The number of quaternary nitrogens is 2. The lowest BCUT2D eigenvalue weighted by molar-refractivity contribution is -0.998. The molecule has 0 saturated carbocycles. The van der Waals surface area contributed by atoms with Crippen LogP contribution in [-0.4, -0.2) is 54.1 Å². The van der Waals surface area contributed by atoms with E-state index in [2.05, 4.69) is 24.3 Å². The van der Waals surface area contributed by atoms with Crippen molar-refractivity contribution in [3.05, 3.63) is 47.0 Å². The molecule has 2 aromatic rings. The predicted octanol–water partition coefficient (Wildman–Crippen LogP) is -5.08. The molecule has 3 unspecified atom stereocenters. The van der Waals surface area contributed by atoms with E-state index in [1.54, 1.807) is 38.2 Å². The maximum absolute atomic E-state index is 5.67. The third-order valence-electron chi connectivity index (χ3n) is 6.96. The van der Waals surface area contributed by atoms with Gasteiger partial charge in [-0.3, -0.25) is 0 Å². The van der Waals surface area contributed by atoms with Crippen molar-refractivity contribution in [1.29, 1.82) is 0 Å². The zero-order valence-corrected chi connectivity index (χ0v) is 21.5. The molecule has 0 aliphatic carbocycles. The first-order chi connectivity index (χ1) is 15.2. The van der Waals surface area contributed by atoms with Gasteiger partial charge in [0.1, 0.15) is 25.7 Å². The van der Waals surface area contributed by atoms with Crippen LogP contribution in [0.3, 0.4) is 0 Å². The van der Waals surface area contributed by atoms with Gasteiger partial charge in [-0.25, -0.2) is 0 Å². The topological polar surface area (TPSA) is 45.8 Å². The van der Waals surface area contributed by atoms with Crippen molar-refractivity contribution in [2.24, 2.45) is 0 Å². The third kappa shape index (κ3) is 5.99. The number of fused-ring (bicyclic) bond motifs is 1. The number of para-hydroxylation sites is 1. The van der Waals surface area contributed by atoms with E-state index < -0.39 is 0 Å². The Bertz CT molecular complexity index is 912. The summed E-state index contributed by atoms with van der Waals surface area (Å²) in [5.41, 5.74) is 4.04. The van der Waals surface area contributed by atoms with Crippen molar-refractivity contribution in [2.45, 2.75) is 38.4 Å². The Morgan fingerprint density at radius 2 is 1.55 bits per heavy atom. The fourth-order valence-corrected chi connectivity index (χ4v) is 5.36.